The number of esters is 1. The summed E-state index contributed by atoms with van der Waals surface area (Å²) in [5, 5.41) is 5.51. The highest BCUT2D eigenvalue weighted by atomic mass is 19.1. The number of benzene rings is 2. The molecule has 31 heavy (non-hydrogen) atoms. The first kappa shape index (κ1) is 22.3. The first-order valence-corrected chi connectivity index (χ1v) is 10.3. The molecule has 0 saturated carbocycles. The molecule has 0 atom stereocenters. The molecule has 0 aliphatic carbocycles. The third-order valence-corrected chi connectivity index (χ3v) is 5.14. The van der Waals surface area contributed by atoms with Gasteiger partial charge in [-0.15, -0.1) is 0 Å². The number of hydrogen-bond acceptors (Lipinski definition) is 4. The molecule has 3 rings (SSSR count). The van der Waals surface area contributed by atoms with Gasteiger partial charge in [0.15, 0.2) is 6.61 Å². The minimum atomic E-state index is -0.420. The molecule has 7 nitrogen and oxygen atoms in total. The fraction of sp³-hybridized carbons (Fsp3) is 0.348. The van der Waals surface area contributed by atoms with E-state index < -0.39 is 5.97 Å². The van der Waals surface area contributed by atoms with E-state index in [9.17, 15) is 18.8 Å². The standard InChI is InChI=1S/C23H26FN3O4/c24-19-8-6-17(7-9-19)10-13-25-21(28)16-31-22(29)18-11-14-27(15-12-18)23(30)26-20-4-2-1-3-5-20/h1-9,18H,10-16H2,(H,25,28)(H,26,30). The monoisotopic (exact) mass is 427 g/mol. The SMILES string of the molecule is O=C(COC(=O)C1CCN(C(=O)Nc2ccccc2)CC1)NCCc1ccc(F)cc1. The Balaban J connectivity index is 1.31. The number of urea groups is 1. The normalized spacial score (nSPS) is 14.0. The number of hydrogen-bond donors (Lipinski definition) is 2. The summed E-state index contributed by atoms with van der Waals surface area (Å²) in [5.41, 5.74) is 1.63. The van der Waals surface area contributed by atoms with Gasteiger partial charge in [0.25, 0.3) is 5.91 Å². The minimum absolute atomic E-state index is 0.196. The number of para-hydroxylation sites is 1. The molecule has 0 spiro atoms. The summed E-state index contributed by atoms with van der Waals surface area (Å²) in [6.07, 6.45) is 1.55. The molecule has 0 bridgehead atoms. The number of carbonyl (C=O) groups is 3. The number of nitrogens with one attached hydrogen (secondary N) is 2. The number of likely N-dealkylation sites (tertiary alicyclic amines) is 1. The van der Waals surface area contributed by atoms with E-state index >= 15 is 0 Å². The molecule has 0 aromatic heterocycles. The Morgan fingerprint density at radius 1 is 1.00 bits per heavy atom. The van der Waals surface area contributed by atoms with Crippen molar-refractivity contribution in [2.24, 2.45) is 5.92 Å². The van der Waals surface area contributed by atoms with E-state index in [0.717, 1.165) is 11.3 Å². The molecule has 2 N–H and O–H groups in total. The molecule has 2 aromatic rings. The molecule has 1 heterocycles. The van der Waals surface area contributed by atoms with Gasteiger partial charge in [-0.3, -0.25) is 9.59 Å². The first-order valence-electron chi connectivity index (χ1n) is 10.3. The maximum absolute atomic E-state index is 12.9. The van der Waals surface area contributed by atoms with E-state index in [0.29, 0.717) is 38.9 Å². The lowest BCUT2D eigenvalue weighted by Crippen LogP contribution is -2.43. The number of carbonyl (C=O) groups excluding carboxylic acids is 3. The molecule has 1 fully saturated rings. The summed E-state index contributed by atoms with van der Waals surface area (Å²) in [5.74, 6) is -1.43. The van der Waals surface area contributed by atoms with Crippen LogP contribution in [0.3, 0.4) is 0 Å². The first-order chi connectivity index (χ1) is 15.0. The van der Waals surface area contributed by atoms with Crippen LogP contribution in [0.5, 0.6) is 0 Å². The van der Waals surface area contributed by atoms with Gasteiger partial charge in [-0.25, -0.2) is 9.18 Å². The molecule has 164 valence electrons. The summed E-state index contributed by atoms with van der Waals surface area (Å²) in [4.78, 5) is 38.1. The van der Waals surface area contributed by atoms with Gasteiger partial charge in [0.1, 0.15) is 5.82 Å². The van der Waals surface area contributed by atoms with Crippen LogP contribution in [-0.4, -0.2) is 49.0 Å². The van der Waals surface area contributed by atoms with Crippen molar-refractivity contribution >= 4 is 23.6 Å². The van der Waals surface area contributed by atoms with Crippen LogP contribution in [0.1, 0.15) is 18.4 Å². The highest BCUT2D eigenvalue weighted by Crippen LogP contribution is 2.19. The van der Waals surface area contributed by atoms with E-state index in [-0.39, 0.29) is 30.3 Å². The van der Waals surface area contributed by atoms with Crippen molar-refractivity contribution in [3.63, 3.8) is 0 Å². The molecule has 0 radical (unpaired) electrons. The summed E-state index contributed by atoms with van der Waals surface area (Å²) in [7, 11) is 0. The Morgan fingerprint density at radius 2 is 1.68 bits per heavy atom. The molecular weight excluding hydrogens is 401 g/mol. The lowest BCUT2D eigenvalue weighted by molar-refractivity contribution is -0.153. The summed E-state index contributed by atoms with van der Waals surface area (Å²) < 4.78 is 18.0. The van der Waals surface area contributed by atoms with Crippen LogP contribution in [0.15, 0.2) is 54.6 Å². The van der Waals surface area contributed by atoms with Crippen LogP contribution in [0, 0.1) is 11.7 Å². The Hall–Kier alpha value is -3.42. The van der Waals surface area contributed by atoms with Crippen LogP contribution in [-0.2, 0) is 20.7 Å². The van der Waals surface area contributed by atoms with Crippen molar-refractivity contribution < 1.29 is 23.5 Å². The summed E-state index contributed by atoms with van der Waals surface area (Å²) >= 11 is 0. The molecule has 3 amide bonds. The fourth-order valence-corrected chi connectivity index (χ4v) is 3.35. The number of anilines is 1. The van der Waals surface area contributed by atoms with Crippen molar-refractivity contribution in [1.82, 2.24) is 10.2 Å². The topological polar surface area (TPSA) is 87.7 Å². The molecule has 1 aliphatic rings. The Morgan fingerprint density at radius 3 is 2.35 bits per heavy atom. The highest BCUT2D eigenvalue weighted by molar-refractivity contribution is 5.89. The Kier molecular flexibility index (Phi) is 7.98. The average Bonchev–Trinajstić information content (AvgIpc) is 2.79. The maximum atomic E-state index is 12.9. The predicted octanol–water partition coefficient (Wildman–Crippen LogP) is 2.97. The maximum Gasteiger partial charge on any atom is 0.321 e. The van der Waals surface area contributed by atoms with Gasteiger partial charge in [0, 0.05) is 25.3 Å². The van der Waals surface area contributed by atoms with Crippen molar-refractivity contribution in [3.05, 3.63) is 66.0 Å². The number of halogens is 1. The van der Waals surface area contributed by atoms with Crippen molar-refractivity contribution in [3.8, 4) is 0 Å². The number of amides is 3. The average molecular weight is 427 g/mol. The van der Waals surface area contributed by atoms with Gasteiger partial charge in [-0.05, 0) is 49.1 Å². The number of rotatable bonds is 7. The lowest BCUT2D eigenvalue weighted by atomic mass is 9.97. The zero-order valence-corrected chi connectivity index (χ0v) is 17.2. The number of nitrogens with zero attached hydrogens (tertiary/aromatic N) is 1. The molecule has 0 unspecified atom stereocenters. The van der Waals surface area contributed by atoms with E-state index in [1.54, 1.807) is 17.0 Å². The zero-order valence-electron chi connectivity index (χ0n) is 17.2. The van der Waals surface area contributed by atoms with Gasteiger partial charge in [0.2, 0.25) is 0 Å². The fourth-order valence-electron chi connectivity index (χ4n) is 3.35. The Bertz CT molecular complexity index is 881. The molecule has 8 heteroatoms. The van der Waals surface area contributed by atoms with E-state index in [1.165, 1.54) is 12.1 Å². The van der Waals surface area contributed by atoms with Gasteiger partial charge in [0.05, 0.1) is 5.92 Å². The van der Waals surface area contributed by atoms with Gasteiger partial charge >= 0.3 is 12.0 Å². The molecule has 1 saturated heterocycles. The lowest BCUT2D eigenvalue weighted by Gasteiger charge is -2.30. The van der Waals surface area contributed by atoms with Gasteiger partial charge in [-0.2, -0.15) is 0 Å². The quantitative estimate of drug-likeness (QED) is 0.665. The second-order valence-corrected chi connectivity index (χ2v) is 7.39. The highest BCUT2D eigenvalue weighted by Gasteiger charge is 2.28. The summed E-state index contributed by atoms with van der Waals surface area (Å²) in [6, 6.07) is 15.1. The second-order valence-electron chi connectivity index (χ2n) is 7.39. The van der Waals surface area contributed by atoms with Crippen molar-refractivity contribution in [2.45, 2.75) is 19.3 Å². The Labute approximate surface area is 180 Å². The largest absolute Gasteiger partial charge is 0.455 e. The zero-order chi connectivity index (χ0) is 22.1. The van der Waals surface area contributed by atoms with Crippen molar-refractivity contribution in [2.75, 3.05) is 31.6 Å². The third-order valence-electron chi connectivity index (χ3n) is 5.14. The van der Waals surface area contributed by atoms with Crippen molar-refractivity contribution in [1.29, 1.82) is 0 Å². The van der Waals surface area contributed by atoms with Gasteiger partial charge in [-0.1, -0.05) is 30.3 Å². The molecule has 1 aliphatic heterocycles. The van der Waals surface area contributed by atoms with Crippen LogP contribution < -0.4 is 10.6 Å². The number of ether oxygens (including phenoxy) is 1. The summed E-state index contributed by atoms with van der Waals surface area (Å²) in [6.45, 7) is 0.929. The van der Waals surface area contributed by atoms with E-state index in [2.05, 4.69) is 10.6 Å². The smallest absolute Gasteiger partial charge is 0.321 e. The van der Waals surface area contributed by atoms with Crippen LogP contribution in [0.4, 0.5) is 14.9 Å². The minimum Gasteiger partial charge on any atom is -0.455 e. The van der Waals surface area contributed by atoms with Gasteiger partial charge < -0.3 is 20.3 Å². The third kappa shape index (κ3) is 7.09. The molecule has 2 aromatic carbocycles. The predicted molar refractivity (Wildman–Crippen MR) is 114 cm³/mol. The van der Waals surface area contributed by atoms with Crippen LogP contribution in [0.2, 0.25) is 0 Å². The van der Waals surface area contributed by atoms with Crippen LogP contribution in [0.25, 0.3) is 0 Å². The van der Waals surface area contributed by atoms with Crippen LogP contribution >= 0.6 is 0 Å². The second kappa shape index (κ2) is 11.1. The number of piperidine rings is 1. The van der Waals surface area contributed by atoms with E-state index in [4.69, 9.17) is 4.74 Å². The van der Waals surface area contributed by atoms with E-state index in [1.807, 2.05) is 30.3 Å². The molecular formula is C23H26FN3O4.